The van der Waals surface area contributed by atoms with Gasteiger partial charge in [-0.05, 0) is 36.8 Å². The van der Waals surface area contributed by atoms with Gasteiger partial charge in [0.05, 0.1) is 11.6 Å². The van der Waals surface area contributed by atoms with E-state index in [0.29, 0.717) is 18.7 Å². The maximum Gasteiger partial charge on any atom is 0.253 e. The number of carbonyl (C=O) groups excluding carboxylic acids is 3. The molecule has 6 nitrogen and oxygen atoms in total. The maximum absolute atomic E-state index is 14.1. The van der Waals surface area contributed by atoms with Crippen molar-refractivity contribution >= 4 is 23.4 Å². The van der Waals surface area contributed by atoms with E-state index in [1.807, 2.05) is 6.92 Å². The lowest BCUT2D eigenvalue weighted by Crippen LogP contribution is -2.37. The first-order valence-electron chi connectivity index (χ1n) is 10.1. The molecule has 0 aliphatic carbocycles. The average molecular weight is 429 g/mol. The predicted octanol–water partition coefficient (Wildman–Crippen LogP) is 3.07. The summed E-state index contributed by atoms with van der Waals surface area (Å²) in [6.07, 6.45) is -0.0254. The van der Waals surface area contributed by atoms with Crippen molar-refractivity contribution in [3.63, 3.8) is 0 Å². The van der Waals surface area contributed by atoms with Crippen LogP contribution >= 0.6 is 0 Å². The first-order valence-corrected chi connectivity index (χ1v) is 10.1. The zero-order valence-electron chi connectivity index (χ0n) is 17.8. The third kappa shape index (κ3) is 4.90. The van der Waals surface area contributed by atoms with E-state index in [4.69, 9.17) is 0 Å². The van der Waals surface area contributed by atoms with Gasteiger partial charge in [-0.25, -0.2) is 8.78 Å². The molecule has 3 amide bonds. The highest BCUT2D eigenvalue weighted by atomic mass is 19.1. The molecule has 31 heavy (non-hydrogen) atoms. The zero-order chi connectivity index (χ0) is 22.7. The van der Waals surface area contributed by atoms with Crippen LogP contribution in [-0.4, -0.2) is 54.7 Å². The van der Waals surface area contributed by atoms with Crippen molar-refractivity contribution in [2.45, 2.75) is 19.9 Å². The van der Waals surface area contributed by atoms with Crippen molar-refractivity contribution in [2.24, 2.45) is 5.92 Å². The zero-order valence-corrected chi connectivity index (χ0v) is 17.8. The highest BCUT2D eigenvalue weighted by Gasteiger charge is 2.37. The molecule has 0 aromatic heterocycles. The van der Waals surface area contributed by atoms with Crippen LogP contribution in [0, 0.1) is 17.6 Å². The Morgan fingerprint density at radius 2 is 1.77 bits per heavy atom. The maximum atomic E-state index is 14.1. The van der Waals surface area contributed by atoms with Crippen molar-refractivity contribution in [1.82, 2.24) is 9.80 Å². The van der Waals surface area contributed by atoms with Gasteiger partial charge in [-0.2, -0.15) is 0 Å². The Bertz CT molecular complexity index is 992. The van der Waals surface area contributed by atoms with E-state index in [0.717, 1.165) is 17.7 Å². The lowest BCUT2D eigenvalue weighted by Gasteiger charge is -2.24. The second kappa shape index (κ2) is 9.24. The fourth-order valence-electron chi connectivity index (χ4n) is 3.64. The van der Waals surface area contributed by atoms with Crippen molar-refractivity contribution in [3.05, 3.63) is 65.2 Å². The number of nitrogens with zero attached hydrogens (tertiary/aromatic N) is 3. The van der Waals surface area contributed by atoms with E-state index < -0.39 is 17.6 Å². The van der Waals surface area contributed by atoms with Gasteiger partial charge in [0.1, 0.15) is 11.6 Å². The fourth-order valence-corrected chi connectivity index (χ4v) is 3.64. The van der Waals surface area contributed by atoms with Crippen LogP contribution in [0.25, 0.3) is 0 Å². The minimum Gasteiger partial charge on any atom is -0.345 e. The second-order valence-corrected chi connectivity index (χ2v) is 7.75. The van der Waals surface area contributed by atoms with Gasteiger partial charge in [0.15, 0.2) is 0 Å². The number of anilines is 1. The number of hydrogen-bond acceptors (Lipinski definition) is 3. The average Bonchev–Trinajstić information content (AvgIpc) is 3.12. The summed E-state index contributed by atoms with van der Waals surface area (Å²) < 4.78 is 27.3. The summed E-state index contributed by atoms with van der Waals surface area (Å²) in [5.74, 6) is -2.84. The summed E-state index contributed by atoms with van der Waals surface area (Å²) in [5, 5.41) is 0. The van der Waals surface area contributed by atoms with Crippen LogP contribution in [0.4, 0.5) is 14.5 Å². The standard InChI is InChI=1S/C23H25F2N3O3/c1-4-27(13-15-5-7-16(8-6-15)22(30)26(2)3)23(31)17-11-21(29)28(14-17)20-10-9-18(24)12-19(20)25/h5-10,12,17H,4,11,13-14H2,1-3H3. The minimum absolute atomic E-state index is 0.0223. The first-order chi connectivity index (χ1) is 14.7. The Balaban J connectivity index is 1.69. The molecule has 1 unspecified atom stereocenters. The summed E-state index contributed by atoms with van der Waals surface area (Å²) in [5.41, 5.74) is 1.39. The van der Waals surface area contributed by atoms with E-state index in [9.17, 15) is 23.2 Å². The van der Waals surface area contributed by atoms with E-state index in [1.54, 1.807) is 43.3 Å². The number of hydrogen-bond donors (Lipinski definition) is 0. The molecule has 1 aliphatic rings. The van der Waals surface area contributed by atoms with Gasteiger partial charge in [-0.3, -0.25) is 14.4 Å². The molecule has 2 aromatic carbocycles. The first kappa shape index (κ1) is 22.4. The Hall–Kier alpha value is -3.29. The van der Waals surface area contributed by atoms with Crippen LogP contribution in [0.2, 0.25) is 0 Å². The molecule has 3 rings (SSSR count). The molecule has 0 radical (unpaired) electrons. The van der Waals surface area contributed by atoms with Gasteiger partial charge < -0.3 is 14.7 Å². The monoisotopic (exact) mass is 429 g/mol. The van der Waals surface area contributed by atoms with Gasteiger partial charge in [-0.1, -0.05) is 12.1 Å². The fraction of sp³-hybridized carbons (Fsp3) is 0.348. The number of halogens is 2. The lowest BCUT2D eigenvalue weighted by molar-refractivity contribution is -0.136. The Morgan fingerprint density at radius 1 is 1.10 bits per heavy atom. The molecule has 0 saturated carbocycles. The van der Waals surface area contributed by atoms with E-state index in [-0.39, 0.29) is 36.4 Å². The smallest absolute Gasteiger partial charge is 0.253 e. The van der Waals surface area contributed by atoms with E-state index >= 15 is 0 Å². The lowest BCUT2D eigenvalue weighted by atomic mass is 10.1. The normalized spacial score (nSPS) is 15.8. The van der Waals surface area contributed by atoms with E-state index in [1.165, 1.54) is 15.9 Å². The predicted molar refractivity (Wildman–Crippen MR) is 112 cm³/mol. The molecule has 1 heterocycles. The summed E-state index contributed by atoms with van der Waals surface area (Å²) >= 11 is 0. The van der Waals surface area contributed by atoms with Crippen LogP contribution in [0.3, 0.4) is 0 Å². The largest absolute Gasteiger partial charge is 0.345 e. The number of carbonyl (C=O) groups is 3. The van der Waals surface area contributed by atoms with Crippen molar-refractivity contribution in [3.8, 4) is 0 Å². The number of rotatable bonds is 6. The molecule has 0 N–H and O–H groups in total. The van der Waals surface area contributed by atoms with Crippen LogP contribution in [0.15, 0.2) is 42.5 Å². The quantitative estimate of drug-likeness (QED) is 0.709. The van der Waals surface area contributed by atoms with Crippen LogP contribution in [0.5, 0.6) is 0 Å². The van der Waals surface area contributed by atoms with Gasteiger partial charge in [-0.15, -0.1) is 0 Å². The number of amides is 3. The van der Waals surface area contributed by atoms with Gasteiger partial charge in [0, 0.05) is 51.8 Å². The van der Waals surface area contributed by atoms with Crippen molar-refractivity contribution < 1.29 is 23.2 Å². The molecule has 1 saturated heterocycles. The minimum atomic E-state index is -0.832. The third-order valence-corrected chi connectivity index (χ3v) is 5.35. The molecule has 8 heteroatoms. The Morgan fingerprint density at radius 3 is 2.35 bits per heavy atom. The third-order valence-electron chi connectivity index (χ3n) is 5.35. The molecule has 2 aromatic rings. The Labute approximate surface area is 180 Å². The summed E-state index contributed by atoms with van der Waals surface area (Å²) in [6, 6.07) is 10.1. The highest BCUT2D eigenvalue weighted by Crippen LogP contribution is 2.29. The van der Waals surface area contributed by atoms with Gasteiger partial charge in [0.25, 0.3) is 5.91 Å². The Kier molecular flexibility index (Phi) is 6.68. The van der Waals surface area contributed by atoms with Crippen LogP contribution in [-0.2, 0) is 16.1 Å². The molecular formula is C23H25F2N3O3. The summed E-state index contributed by atoms with van der Waals surface area (Å²) in [7, 11) is 3.36. The summed E-state index contributed by atoms with van der Waals surface area (Å²) in [4.78, 5) is 41.8. The number of benzene rings is 2. The molecule has 1 atom stereocenters. The van der Waals surface area contributed by atoms with Crippen LogP contribution in [0.1, 0.15) is 29.3 Å². The molecule has 1 aliphatic heterocycles. The van der Waals surface area contributed by atoms with Gasteiger partial charge in [0.2, 0.25) is 11.8 Å². The van der Waals surface area contributed by atoms with Crippen molar-refractivity contribution in [1.29, 1.82) is 0 Å². The van der Waals surface area contributed by atoms with Crippen LogP contribution < -0.4 is 4.90 Å². The molecule has 0 spiro atoms. The molecule has 164 valence electrons. The van der Waals surface area contributed by atoms with Crippen molar-refractivity contribution in [2.75, 3.05) is 32.1 Å². The molecule has 0 bridgehead atoms. The topological polar surface area (TPSA) is 60.9 Å². The molecule has 1 fully saturated rings. The SMILES string of the molecule is CCN(Cc1ccc(C(=O)N(C)C)cc1)C(=O)C1CC(=O)N(c2ccc(F)cc2F)C1. The highest BCUT2D eigenvalue weighted by molar-refractivity contribution is 6.00. The second-order valence-electron chi connectivity index (χ2n) is 7.75. The van der Waals surface area contributed by atoms with Gasteiger partial charge >= 0.3 is 0 Å². The molecular weight excluding hydrogens is 404 g/mol. The summed E-state index contributed by atoms with van der Waals surface area (Å²) in [6.45, 7) is 2.66. The van der Waals surface area contributed by atoms with E-state index in [2.05, 4.69) is 0 Å².